The summed E-state index contributed by atoms with van der Waals surface area (Å²) in [7, 11) is -3.83. The molecule has 1 aromatic carbocycles. The number of aryl methyl sites for hydroxylation is 1. The van der Waals surface area contributed by atoms with Crippen molar-refractivity contribution in [1.82, 2.24) is 4.72 Å². The summed E-state index contributed by atoms with van der Waals surface area (Å²) in [6.07, 6.45) is 0.807. The Hall–Kier alpha value is -1.18. The van der Waals surface area contributed by atoms with E-state index in [1.807, 2.05) is 6.92 Å². The average molecular weight is 304 g/mol. The van der Waals surface area contributed by atoms with E-state index in [1.54, 1.807) is 6.92 Å². The van der Waals surface area contributed by atoms with Crippen molar-refractivity contribution in [2.75, 3.05) is 12.3 Å². The van der Waals surface area contributed by atoms with E-state index in [0.29, 0.717) is 12.8 Å². The van der Waals surface area contributed by atoms with Gasteiger partial charge in [0.25, 0.3) is 0 Å². The van der Waals surface area contributed by atoms with Crippen molar-refractivity contribution in [3.05, 3.63) is 23.5 Å². The summed E-state index contributed by atoms with van der Waals surface area (Å²) in [4.78, 5) is -0.0472. The van der Waals surface area contributed by atoms with Gasteiger partial charge in [-0.05, 0) is 44.4 Å². The summed E-state index contributed by atoms with van der Waals surface area (Å²) >= 11 is 0. The molecule has 0 heterocycles. The molecule has 1 unspecified atom stereocenters. The number of halogens is 1. The van der Waals surface area contributed by atoms with Crippen LogP contribution in [0, 0.1) is 12.7 Å². The van der Waals surface area contributed by atoms with Gasteiger partial charge in [0.05, 0.1) is 10.6 Å². The highest BCUT2D eigenvalue weighted by molar-refractivity contribution is 7.89. The maximum Gasteiger partial charge on any atom is 0.241 e. The van der Waals surface area contributed by atoms with Gasteiger partial charge in [-0.15, -0.1) is 0 Å². The predicted molar refractivity (Wildman–Crippen MR) is 76.3 cm³/mol. The predicted octanol–water partition coefficient (Wildman–Crippen LogP) is 1.55. The standard InChI is InChI=1S/C13H21FN2O3S/c1-4-13(3,5-6-17)16-20(18,19)12-8-11(15)10(14)7-9(12)2/h7-8,16-17H,4-6,15H2,1-3H3. The second-order valence-corrected chi connectivity index (χ2v) is 6.78. The zero-order valence-corrected chi connectivity index (χ0v) is 12.7. The van der Waals surface area contributed by atoms with Gasteiger partial charge in [0.15, 0.2) is 0 Å². The van der Waals surface area contributed by atoms with Crippen LogP contribution in [-0.4, -0.2) is 25.7 Å². The molecule has 0 aliphatic heterocycles. The van der Waals surface area contributed by atoms with Crippen molar-refractivity contribution in [2.24, 2.45) is 0 Å². The van der Waals surface area contributed by atoms with Gasteiger partial charge in [-0.1, -0.05) is 6.92 Å². The van der Waals surface area contributed by atoms with E-state index < -0.39 is 21.4 Å². The van der Waals surface area contributed by atoms with E-state index in [2.05, 4.69) is 4.72 Å². The summed E-state index contributed by atoms with van der Waals surface area (Å²) in [5.74, 6) is -0.643. The first-order valence-corrected chi connectivity index (χ1v) is 7.84. The summed E-state index contributed by atoms with van der Waals surface area (Å²) in [6.45, 7) is 4.91. The molecule has 0 bridgehead atoms. The minimum Gasteiger partial charge on any atom is -0.396 e. The van der Waals surface area contributed by atoms with Gasteiger partial charge in [-0.25, -0.2) is 17.5 Å². The molecule has 0 saturated heterocycles. The summed E-state index contributed by atoms with van der Waals surface area (Å²) in [6, 6.07) is 2.21. The third kappa shape index (κ3) is 3.68. The Kier molecular flexibility index (Phi) is 5.12. The lowest BCUT2D eigenvalue weighted by molar-refractivity contribution is 0.233. The highest BCUT2D eigenvalue weighted by atomic mass is 32.2. The Balaban J connectivity index is 3.21. The molecule has 0 saturated carbocycles. The van der Waals surface area contributed by atoms with Gasteiger partial charge in [0, 0.05) is 12.1 Å². The lowest BCUT2D eigenvalue weighted by Gasteiger charge is -2.29. The van der Waals surface area contributed by atoms with Gasteiger partial charge in [0.1, 0.15) is 5.82 Å². The van der Waals surface area contributed by atoms with Crippen molar-refractivity contribution in [1.29, 1.82) is 0 Å². The number of nitrogen functional groups attached to an aromatic ring is 1. The molecule has 1 rings (SSSR count). The fraction of sp³-hybridized carbons (Fsp3) is 0.538. The molecule has 0 amide bonds. The minimum atomic E-state index is -3.83. The number of rotatable bonds is 6. The number of hydrogen-bond acceptors (Lipinski definition) is 4. The second kappa shape index (κ2) is 6.07. The number of benzene rings is 1. The molecule has 1 aromatic rings. The highest BCUT2D eigenvalue weighted by Crippen LogP contribution is 2.24. The topological polar surface area (TPSA) is 92.4 Å². The third-order valence-electron chi connectivity index (χ3n) is 3.41. The molecular formula is C13H21FN2O3S. The van der Waals surface area contributed by atoms with Crippen LogP contribution in [0.1, 0.15) is 32.3 Å². The molecule has 1 atom stereocenters. The van der Waals surface area contributed by atoms with Gasteiger partial charge in [-0.3, -0.25) is 0 Å². The maximum atomic E-state index is 13.3. The third-order valence-corrected chi connectivity index (χ3v) is 5.19. The maximum absolute atomic E-state index is 13.3. The SMILES string of the molecule is CCC(C)(CCO)NS(=O)(=O)c1cc(N)c(F)cc1C. The Morgan fingerprint density at radius 2 is 2.05 bits per heavy atom. The summed E-state index contributed by atoms with van der Waals surface area (Å²) in [5, 5.41) is 9.03. The first kappa shape index (κ1) is 16.9. The van der Waals surface area contributed by atoms with Crippen LogP contribution in [0.5, 0.6) is 0 Å². The van der Waals surface area contributed by atoms with Crippen LogP contribution in [0.2, 0.25) is 0 Å². The monoisotopic (exact) mass is 304 g/mol. The van der Waals surface area contributed by atoms with Crippen molar-refractivity contribution >= 4 is 15.7 Å². The van der Waals surface area contributed by atoms with E-state index in [9.17, 15) is 12.8 Å². The molecule has 7 heteroatoms. The number of aliphatic hydroxyl groups excluding tert-OH is 1. The van der Waals surface area contributed by atoms with E-state index in [-0.39, 0.29) is 22.8 Å². The zero-order valence-electron chi connectivity index (χ0n) is 11.9. The van der Waals surface area contributed by atoms with E-state index in [0.717, 1.165) is 12.1 Å². The van der Waals surface area contributed by atoms with E-state index in [1.165, 1.54) is 6.92 Å². The zero-order chi connectivity index (χ0) is 15.6. The highest BCUT2D eigenvalue weighted by Gasteiger charge is 2.29. The number of aliphatic hydroxyl groups is 1. The Morgan fingerprint density at radius 3 is 2.55 bits per heavy atom. The van der Waals surface area contributed by atoms with Crippen molar-refractivity contribution < 1.29 is 17.9 Å². The van der Waals surface area contributed by atoms with Gasteiger partial charge in [-0.2, -0.15) is 0 Å². The van der Waals surface area contributed by atoms with Crippen LogP contribution in [0.25, 0.3) is 0 Å². The fourth-order valence-electron chi connectivity index (χ4n) is 1.88. The van der Waals surface area contributed by atoms with Crippen LogP contribution < -0.4 is 10.5 Å². The van der Waals surface area contributed by atoms with Crippen LogP contribution in [0.15, 0.2) is 17.0 Å². The second-order valence-electron chi connectivity index (χ2n) is 5.13. The molecule has 5 nitrogen and oxygen atoms in total. The summed E-state index contributed by atoms with van der Waals surface area (Å²) in [5.41, 5.74) is 4.75. The molecule has 0 aromatic heterocycles. The van der Waals surface area contributed by atoms with Crippen LogP contribution in [-0.2, 0) is 10.0 Å². The molecular weight excluding hydrogens is 283 g/mol. The molecule has 0 aliphatic rings. The molecule has 114 valence electrons. The van der Waals surface area contributed by atoms with Gasteiger partial charge in [0.2, 0.25) is 10.0 Å². The Bertz CT molecular complexity index is 590. The normalized spacial score (nSPS) is 15.1. The molecule has 0 spiro atoms. The number of anilines is 1. The Morgan fingerprint density at radius 1 is 1.45 bits per heavy atom. The lowest BCUT2D eigenvalue weighted by atomic mass is 9.97. The number of nitrogens with one attached hydrogen (secondary N) is 1. The van der Waals surface area contributed by atoms with Gasteiger partial charge < -0.3 is 10.8 Å². The molecule has 0 aliphatic carbocycles. The smallest absolute Gasteiger partial charge is 0.241 e. The molecule has 0 radical (unpaired) electrons. The largest absolute Gasteiger partial charge is 0.396 e. The van der Waals surface area contributed by atoms with Crippen molar-refractivity contribution in [3.8, 4) is 0 Å². The van der Waals surface area contributed by atoms with Crippen LogP contribution in [0.4, 0.5) is 10.1 Å². The van der Waals surface area contributed by atoms with Crippen molar-refractivity contribution in [3.63, 3.8) is 0 Å². The van der Waals surface area contributed by atoms with Gasteiger partial charge >= 0.3 is 0 Å². The first-order chi connectivity index (χ1) is 9.15. The fourth-order valence-corrected chi connectivity index (χ4v) is 3.65. The molecule has 0 fully saturated rings. The van der Waals surface area contributed by atoms with Crippen LogP contribution >= 0.6 is 0 Å². The quantitative estimate of drug-likeness (QED) is 0.695. The lowest BCUT2D eigenvalue weighted by Crippen LogP contribution is -2.46. The van der Waals surface area contributed by atoms with E-state index in [4.69, 9.17) is 10.8 Å². The Labute approximate surface area is 119 Å². The first-order valence-electron chi connectivity index (χ1n) is 6.35. The minimum absolute atomic E-state index is 0.0472. The number of sulfonamides is 1. The van der Waals surface area contributed by atoms with E-state index >= 15 is 0 Å². The number of hydrogen-bond donors (Lipinski definition) is 3. The van der Waals surface area contributed by atoms with Crippen molar-refractivity contribution in [2.45, 2.75) is 44.0 Å². The van der Waals surface area contributed by atoms with Crippen LogP contribution in [0.3, 0.4) is 0 Å². The molecule has 20 heavy (non-hydrogen) atoms. The number of nitrogens with two attached hydrogens (primary N) is 1. The molecule has 4 N–H and O–H groups in total. The summed E-state index contributed by atoms with van der Waals surface area (Å²) < 4.78 is 40.6. The average Bonchev–Trinajstić information content (AvgIpc) is 2.33.